The van der Waals surface area contributed by atoms with Crippen LogP contribution in [0.3, 0.4) is 0 Å². The number of amides is 2. The molecule has 2 amide bonds. The summed E-state index contributed by atoms with van der Waals surface area (Å²) in [7, 11) is 0. The van der Waals surface area contributed by atoms with E-state index in [1.165, 1.54) is 0 Å². The Morgan fingerprint density at radius 1 is 0.852 bits per heavy atom. The van der Waals surface area contributed by atoms with Gasteiger partial charge in [0.1, 0.15) is 5.75 Å². The summed E-state index contributed by atoms with van der Waals surface area (Å²) in [4.78, 5) is 23.9. The molecule has 2 aromatic carbocycles. The predicted molar refractivity (Wildman–Crippen MR) is 101 cm³/mol. The zero-order valence-electron chi connectivity index (χ0n) is 15.5. The predicted octanol–water partition coefficient (Wildman–Crippen LogP) is 2.71. The van der Waals surface area contributed by atoms with Crippen LogP contribution in [0, 0.1) is 0 Å². The van der Waals surface area contributed by atoms with Gasteiger partial charge in [-0.15, -0.1) is 0 Å². The van der Waals surface area contributed by atoms with Crippen molar-refractivity contribution in [2.45, 2.75) is 20.3 Å². The van der Waals surface area contributed by atoms with Crippen molar-refractivity contribution in [3.05, 3.63) is 54.1 Å². The van der Waals surface area contributed by atoms with Crippen LogP contribution in [0.25, 0.3) is 0 Å². The highest BCUT2D eigenvalue weighted by Crippen LogP contribution is 2.26. The number of hydrogen-bond acceptors (Lipinski definition) is 5. The second-order valence-electron chi connectivity index (χ2n) is 5.54. The van der Waals surface area contributed by atoms with Crippen molar-refractivity contribution in [2.24, 2.45) is 0 Å². The molecule has 27 heavy (non-hydrogen) atoms. The molecule has 2 N–H and O–H groups in total. The van der Waals surface area contributed by atoms with Crippen LogP contribution < -0.4 is 25.1 Å². The van der Waals surface area contributed by atoms with E-state index >= 15 is 0 Å². The fourth-order valence-electron chi connectivity index (χ4n) is 2.15. The minimum Gasteiger partial charge on any atom is -0.494 e. The standard InChI is InChI=1S/C20H24N2O5/c1-3-13-26-17-7-5-6-8-18(17)27-14-19(23)21-22-20(24)15-9-11-16(12-10-15)25-4-2/h5-12H,3-4,13-14H2,1-2H3,(H,21,23)(H,22,24). The average Bonchev–Trinajstić information content (AvgIpc) is 2.70. The summed E-state index contributed by atoms with van der Waals surface area (Å²) in [6.07, 6.45) is 0.867. The highest BCUT2D eigenvalue weighted by Gasteiger charge is 2.10. The molecule has 0 aliphatic rings. The van der Waals surface area contributed by atoms with Crippen molar-refractivity contribution in [3.63, 3.8) is 0 Å². The molecule has 144 valence electrons. The second-order valence-corrected chi connectivity index (χ2v) is 5.54. The van der Waals surface area contributed by atoms with Crippen molar-refractivity contribution < 1.29 is 23.8 Å². The molecule has 0 saturated heterocycles. The van der Waals surface area contributed by atoms with Crippen molar-refractivity contribution in [1.82, 2.24) is 10.9 Å². The molecule has 0 aliphatic heterocycles. The number of carbonyl (C=O) groups excluding carboxylic acids is 2. The molecule has 0 radical (unpaired) electrons. The molecule has 0 aromatic heterocycles. The van der Waals surface area contributed by atoms with E-state index in [9.17, 15) is 9.59 Å². The van der Waals surface area contributed by atoms with Crippen LogP contribution in [0.15, 0.2) is 48.5 Å². The van der Waals surface area contributed by atoms with Crippen LogP contribution in [0.4, 0.5) is 0 Å². The zero-order valence-corrected chi connectivity index (χ0v) is 15.5. The molecule has 7 heteroatoms. The molecule has 0 fully saturated rings. The number of rotatable bonds is 9. The first-order valence-electron chi connectivity index (χ1n) is 8.80. The molecule has 7 nitrogen and oxygen atoms in total. The first-order valence-corrected chi connectivity index (χ1v) is 8.80. The number of carbonyl (C=O) groups is 2. The molecule has 0 aliphatic carbocycles. The van der Waals surface area contributed by atoms with Crippen molar-refractivity contribution in [3.8, 4) is 17.2 Å². The van der Waals surface area contributed by atoms with E-state index < -0.39 is 11.8 Å². The van der Waals surface area contributed by atoms with E-state index in [-0.39, 0.29) is 6.61 Å². The Bertz CT molecular complexity index is 746. The van der Waals surface area contributed by atoms with Crippen LogP contribution in [-0.4, -0.2) is 31.6 Å². The number of para-hydroxylation sites is 2. The Labute approximate surface area is 158 Å². The lowest BCUT2D eigenvalue weighted by Gasteiger charge is -2.12. The Hall–Kier alpha value is -3.22. The highest BCUT2D eigenvalue weighted by atomic mass is 16.5. The maximum absolute atomic E-state index is 12.0. The third-order valence-electron chi connectivity index (χ3n) is 3.41. The van der Waals surface area contributed by atoms with Gasteiger partial charge in [-0.1, -0.05) is 19.1 Å². The summed E-state index contributed by atoms with van der Waals surface area (Å²) in [6.45, 7) is 4.74. The number of hydrazine groups is 1. The van der Waals surface area contributed by atoms with Crippen molar-refractivity contribution in [2.75, 3.05) is 19.8 Å². The van der Waals surface area contributed by atoms with E-state index in [0.29, 0.717) is 36.0 Å². The van der Waals surface area contributed by atoms with Gasteiger partial charge in [0.15, 0.2) is 18.1 Å². The first-order chi connectivity index (χ1) is 13.1. The topological polar surface area (TPSA) is 85.9 Å². The van der Waals surface area contributed by atoms with Crippen LogP contribution in [-0.2, 0) is 4.79 Å². The van der Waals surface area contributed by atoms with Gasteiger partial charge in [0, 0.05) is 5.56 Å². The van der Waals surface area contributed by atoms with Gasteiger partial charge in [-0.2, -0.15) is 0 Å². The second kappa shape index (κ2) is 10.7. The lowest BCUT2D eigenvalue weighted by molar-refractivity contribution is -0.123. The Morgan fingerprint density at radius 2 is 1.52 bits per heavy atom. The van der Waals surface area contributed by atoms with Gasteiger partial charge in [0.05, 0.1) is 13.2 Å². The van der Waals surface area contributed by atoms with E-state index in [1.807, 2.05) is 19.9 Å². The molecular weight excluding hydrogens is 348 g/mol. The van der Waals surface area contributed by atoms with E-state index in [1.54, 1.807) is 42.5 Å². The van der Waals surface area contributed by atoms with Gasteiger partial charge < -0.3 is 14.2 Å². The quantitative estimate of drug-likeness (QED) is 0.661. The molecule has 2 rings (SSSR count). The molecule has 0 atom stereocenters. The lowest BCUT2D eigenvalue weighted by Crippen LogP contribution is -2.43. The van der Waals surface area contributed by atoms with E-state index in [4.69, 9.17) is 14.2 Å². The minimum absolute atomic E-state index is 0.254. The highest BCUT2D eigenvalue weighted by molar-refractivity contribution is 5.95. The Morgan fingerprint density at radius 3 is 2.15 bits per heavy atom. The van der Waals surface area contributed by atoms with Gasteiger partial charge in [0.25, 0.3) is 11.8 Å². The third-order valence-corrected chi connectivity index (χ3v) is 3.41. The molecule has 0 heterocycles. The maximum atomic E-state index is 12.0. The maximum Gasteiger partial charge on any atom is 0.276 e. The summed E-state index contributed by atoms with van der Waals surface area (Å²) in [5, 5.41) is 0. The SMILES string of the molecule is CCCOc1ccccc1OCC(=O)NNC(=O)c1ccc(OCC)cc1. The minimum atomic E-state index is -0.486. The largest absolute Gasteiger partial charge is 0.494 e. The summed E-state index contributed by atoms with van der Waals surface area (Å²) in [5.41, 5.74) is 5.06. The smallest absolute Gasteiger partial charge is 0.276 e. The lowest BCUT2D eigenvalue weighted by atomic mass is 10.2. The first kappa shape index (κ1) is 20.1. The molecule has 2 aromatic rings. The van der Waals surface area contributed by atoms with Gasteiger partial charge in [-0.25, -0.2) is 0 Å². The molecule has 0 bridgehead atoms. The van der Waals surface area contributed by atoms with Gasteiger partial charge >= 0.3 is 0 Å². The molecule has 0 unspecified atom stereocenters. The van der Waals surface area contributed by atoms with Crippen LogP contribution in [0.2, 0.25) is 0 Å². The summed E-state index contributed by atoms with van der Waals surface area (Å²) < 4.78 is 16.4. The monoisotopic (exact) mass is 372 g/mol. The number of nitrogens with one attached hydrogen (secondary N) is 2. The fourth-order valence-corrected chi connectivity index (χ4v) is 2.15. The molecular formula is C20H24N2O5. The van der Waals surface area contributed by atoms with Crippen LogP contribution >= 0.6 is 0 Å². The number of ether oxygens (including phenoxy) is 3. The fraction of sp³-hybridized carbons (Fsp3) is 0.300. The molecule has 0 spiro atoms. The zero-order chi connectivity index (χ0) is 19.5. The van der Waals surface area contributed by atoms with E-state index in [2.05, 4.69) is 10.9 Å². The third kappa shape index (κ3) is 6.54. The summed E-state index contributed by atoms with van der Waals surface area (Å²) >= 11 is 0. The van der Waals surface area contributed by atoms with Crippen LogP contribution in [0.1, 0.15) is 30.6 Å². The average molecular weight is 372 g/mol. The van der Waals surface area contributed by atoms with Crippen molar-refractivity contribution >= 4 is 11.8 Å². The Balaban J connectivity index is 1.80. The number of benzene rings is 2. The van der Waals surface area contributed by atoms with Gasteiger partial charge in [0.2, 0.25) is 0 Å². The normalized spacial score (nSPS) is 10.0. The Kier molecular flexibility index (Phi) is 7.96. The van der Waals surface area contributed by atoms with E-state index in [0.717, 1.165) is 6.42 Å². The molecule has 0 saturated carbocycles. The van der Waals surface area contributed by atoms with Crippen LogP contribution in [0.5, 0.6) is 17.2 Å². The summed E-state index contributed by atoms with van der Waals surface area (Å²) in [5.74, 6) is 0.803. The van der Waals surface area contributed by atoms with Gasteiger partial charge in [-0.05, 0) is 49.7 Å². The van der Waals surface area contributed by atoms with Gasteiger partial charge in [-0.3, -0.25) is 20.4 Å². The number of hydrogen-bond donors (Lipinski definition) is 2. The summed E-state index contributed by atoms with van der Waals surface area (Å²) in [6, 6.07) is 13.7. The van der Waals surface area contributed by atoms with Crippen molar-refractivity contribution in [1.29, 1.82) is 0 Å².